The van der Waals surface area contributed by atoms with Gasteiger partial charge in [-0.25, -0.2) is 8.42 Å². The normalized spacial score (nSPS) is 11.2. The Morgan fingerprint density at radius 1 is 1.05 bits per heavy atom. The summed E-state index contributed by atoms with van der Waals surface area (Å²) in [6, 6.07) is 17.2. The summed E-state index contributed by atoms with van der Waals surface area (Å²) >= 11 is 0. The van der Waals surface area contributed by atoms with E-state index in [1.807, 2.05) is 6.07 Å². The minimum Gasteiger partial charge on any atom is -0.207 e. The van der Waals surface area contributed by atoms with Crippen molar-refractivity contribution < 1.29 is 8.42 Å². The van der Waals surface area contributed by atoms with E-state index in [1.165, 1.54) is 4.31 Å². The van der Waals surface area contributed by atoms with Crippen LogP contribution in [0.15, 0.2) is 59.5 Å². The van der Waals surface area contributed by atoms with Gasteiger partial charge in [0.25, 0.3) is 0 Å². The van der Waals surface area contributed by atoms with E-state index in [9.17, 15) is 8.42 Å². The zero-order valence-electron chi connectivity index (χ0n) is 11.0. The Bertz CT molecular complexity index is 717. The summed E-state index contributed by atoms with van der Waals surface area (Å²) in [6.45, 7) is 0.267. The van der Waals surface area contributed by atoms with Gasteiger partial charge in [0.05, 0.1) is 16.5 Å². The largest absolute Gasteiger partial charge is 0.243 e. The topological polar surface area (TPSA) is 61.2 Å². The van der Waals surface area contributed by atoms with Crippen molar-refractivity contribution in [2.24, 2.45) is 0 Å². The molecular formula is C15H14N2O2S. The van der Waals surface area contributed by atoms with E-state index < -0.39 is 10.0 Å². The number of hydrogen-bond donors (Lipinski definition) is 0. The summed E-state index contributed by atoms with van der Waals surface area (Å²) in [7, 11) is -1.94. The van der Waals surface area contributed by atoms with Gasteiger partial charge in [0.15, 0.2) is 0 Å². The average molecular weight is 286 g/mol. The smallest absolute Gasteiger partial charge is 0.207 e. The van der Waals surface area contributed by atoms with Crippen LogP contribution in [0.1, 0.15) is 11.1 Å². The lowest BCUT2D eigenvalue weighted by Crippen LogP contribution is -2.26. The monoisotopic (exact) mass is 286 g/mol. The lowest BCUT2D eigenvalue weighted by atomic mass is 10.1. The van der Waals surface area contributed by atoms with Gasteiger partial charge < -0.3 is 0 Å². The average Bonchev–Trinajstić information content (AvgIpc) is 2.49. The van der Waals surface area contributed by atoms with Crippen molar-refractivity contribution in [3.63, 3.8) is 0 Å². The summed E-state index contributed by atoms with van der Waals surface area (Å²) in [5, 5.41) is 8.73. The van der Waals surface area contributed by atoms with E-state index in [0.29, 0.717) is 5.56 Å². The number of rotatable bonds is 4. The predicted octanol–water partition coefficient (Wildman–Crippen LogP) is 2.38. The molecule has 0 saturated carbocycles. The van der Waals surface area contributed by atoms with Gasteiger partial charge in [0.2, 0.25) is 10.0 Å². The van der Waals surface area contributed by atoms with Gasteiger partial charge >= 0.3 is 0 Å². The molecule has 2 aromatic carbocycles. The van der Waals surface area contributed by atoms with Crippen LogP contribution in [0.5, 0.6) is 0 Å². The van der Waals surface area contributed by atoms with E-state index in [0.717, 1.165) is 5.56 Å². The molecule has 0 aliphatic heterocycles. The molecule has 0 spiro atoms. The maximum Gasteiger partial charge on any atom is 0.243 e. The zero-order valence-corrected chi connectivity index (χ0v) is 11.8. The maximum atomic E-state index is 12.3. The van der Waals surface area contributed by atoms with Crippen molar-refractivity contribution in [1.82, 2.24) is 4.31 Å². The van der Waals surface area contributed by atoms with Crippen LogP contribution in [0.2, 0.25) is 0 Å². The number of benzene rings is 2. The highest BCUT2D eigenvalue weighted by Gasteiger charge is 2.20. The molecule has 0 aliphatic rings. The van der Waals surface area contributed by atoms with Crippen LogP contribution in [0.25, 0.3) is 0 Å². The van der Waals surface area contributed by atoms with Crippen molar-refractivity contribution in [3.05, 3.63) is 65.7 Å². The van der Waals surface area contributed by atoms with Crippen molar-refractivity contribution in [2.45, 2.75) is 11.4 Å². The van der Waals surface area contributed by atoms with Crippen LogP contribution < -0.4 is 0 Å². The van der Waals surface area contributed by atoms with E-state index in [4.69, 9.17) is 5.26 Å². The van der Waals surface area contributed by atoms with Gasteiger partial charge in [-0.15, -0.1) is 0 Å². The Morgan fingerprint density at radius 2 is 1.65 bits per heavy atom. The Labute approximate surface area is 118 Å². The molecule has 2 aromatic rings. The summed E-state index contributed by atoms with van der Waals surface area (Å²) in [4.78, 5) is 0.274. The first kappa shape index (κ1) is 14.3. The van der Waals surface area contributed by atoms with E-state index in [2.05, 4.69) is 0 Å². The number of sulfonamides is 1. The fraction of sp³-hybridized carbons (Fsp3) is 0.133. The number of nitrogens with zero attached hydrogens (tertiary/aromatic N) is 2. The Kier molecular flexibility index (Phi) is 4.18. The molecule has 2 rings (SSSR count). The second-order valence-corrected chi connectivity index (χ2v) is 6.43. The molecule has 0 amide bonds. The van der Waals surface area contributed by atoms with Gasteiger partial charge in [-0.1, -0.05) is 30.3 Å². The van der Waals surface area contributed by atoms with Crippen LogP contribution in [-0.4, -0.2) is 19.8 Å². The zero-order chi connectivity index (χ0) is 14.6. The van der Waals surface area contributed by atoms with Gasteiger partial charge in [-0.3, -0.25) is 0 Å². The molecule has 20 heavy (non-hydrogen) atoms. The highest BCUT2D eigenvalue weighted by atomic mass is 32.2. The Balaban J connectivity index is 2.19. The minimum atomic E-state index is -3.48. The number of hydrogen-bond acceptors (Lipinski definition) is 3. The lowest BCUT2D eigenvalue weighted by molar-refractivity contribution is 0.466. The van der Waals surface area contributed by atoms with Gasteiger partial charge in [-0.2, -0.15) is 9.57 Å². The molecule has 4 nitrogen and oxygen atoms in total. The quantitative estimate of drug-likeness (QED) is 0.867. The fourth-order valence-corrected chi connectivity index (χ4v) is 2.98. The standard InChI is InChI=1S/C15H14N2O2S/c1-17(12-14-9-7-13(11-16)8-10-14)20(18,19)15-5-3-2-4-6-15/h2-10H,12H2,1H3. The predicted molar refractivity (Wildman–Crippen MR) is 76.3 cm³/mol. The molecule has 0 N–H and O–H groups in total. The molecule has 0 fully saturated rings. The molecular weight excluding hydrogens is 272 g/mol. The third-order valence-electron chi connectivity index (χ3n) is 2.94. The minimum absolute atomic E-state index is 0.267. The van der Waals surface area contributed by atoms with Gasteiger partial charge in [0.1, 0.15) is 0 Å². The second-order valence-electron chi connectivity index (χ2n) is 4.38. The highest BCUT2D eigenvalue weighted by Crippen LogP contribution is 2.16. The van der Waals surface area contributed by atoms with Crippen LogP contribution >= 0.6 is 0 Å². The highest BCUT2D eigenvalue weighted by molar-refractivity contribution is 7.89. The van der Waals surface area contributed by atoms with Crippen LogP contribution in [-0.2, 0) is 16.6 Å². The third kappa shape index (κ3) is 3.05. The SMILES string of the molecule is CN(Cc1ccc(C#N)cc1)S(=O)(=O)c1ccccc1. The molecule has 0 atom stereocenters. The Hall–Kier alpha value is -2.16. The van der Waals surface area contributed by atoms with Crippen molar-refractivity contribution in [2.75, 3.05) is 7.05 Å². The number of nitriles is 1. The first-order chi connectivity index (χ1) is 9.54. The molecule has 0 unspecified atom stereocenters. The molecule has 5 heteroatoms. The van der Waals surface area contributed by atoms with Gasteiger partial charge in [-0.05, 0) is 29.8 Å². The molecule has 0 radical (unpaired) electrons. The maximum absolute atomic E-state index is 12.3. The molecule has 0 aliphatic carbocycles. The summed E-state index contributed by atoms with van der Waals surface area (Å²) in [5.74, 6) is 0. The Morgan fingerprint density at radius 3 is 2.20 bits per heavy atom. The molecule has 0 saturated heterocycles. The molecule has 0 aromatic heterocycles. The fourth-order valence-electron chi connectivity index (χ4n) is 1.80. The van der Waals surface area contributed by atoms with E-state index >= 15 is 0 Å². The van der Waals surface area contributed by atoms with Crippen LogP contribution in [0, 0.1) is 11.3 Å². The molecule has 0 bridgehead atoms. The van der Waals surface area contributed by atoms with E-state index in [1.54, 1.807) is 61.6 Å². The van der Waals surface area contributed by atoms with Crippen LogP contribution in [0.4, 0.5) is 0 Å². The first-order valence-electron chi connectivity index (χ1n) is 6.04. The third-order valence-corrected chi connectivity index (χ3v) is 4.76. The van der Waals surface area contributed by atoms with E-state index in [-0.39, 0.29) is 11.4 Å². The van der Waals surface area contributed by atoms with Crippen LogP contribution in [0.3, 0.4) is 0 Å². The summed E-state index contributed by atoms with van der Waals surface area (Å²) < 4.78 is 26.0. The summed E-state index contributed by atoms with van der Waals surface area (Å²) in [5.41, 5.74) is 1.40. The van der Waals surface area contributed by atoms with Gasteiger partial charge in [0, 0.05) is 13.6 Å². The first-order valence-corrected chi connectivity index (χ1v) is 7.48. The van der Waals surface area contributed by atoms with Crippen molar-refractivity contribution in [3.8, 4) is 6.07 Å². The van der Waals surface area contributed by atoms with Crippen molar-refractivity contribution in [1.29, 1.82) is 5.26 Å². The summed E-state index contributed by atoms with van der Waals surface area (Å²) in [6.07, 6.45) is 0. The molecule has 0 heterocycles. The van der Waals surface area contributed by atoms with Crippen molar-refractivity contribution >= 4 is 10.0 Å². The second kappa shape index (κ2) is 5.87. The lowest BCUT2D eigenvalue weighted by Gasteiger charge is -2.17. The molecule has 102 valence electrons.